The molecule has 0 N–H and O–H groups in total. The van der Waals surface area contributed by atoms with E-state index in [9.17, 15) is 8.42 Å². The fraction of sp³-hybridized carbons (Fsp3) is 0.562. The van der Waals surface area contributed by atoms with E-state index >= 15 is 0 Å². The maximum atomic E-state index is 11.9. The highest BCUT2D eigenvalue weighted by molar-refractivity contribution is 7.91. The summed E-state index contributed by atoms with van der Waals surface area (Å²) >= 11 is 0. The fourth-order valence-corrected chi connectivity index (χ4v) is 5.06. The molecule has 0 amide bonds. The van der Waals surface area contributed by atoms with E-state index in [0.717, 1.165) is 18.7 Å². The van der Waals surface area contributed by atoms with Crippen LogP contribution in [0.2, 0.25) is 0 Å². The molecule has 128 valence electrons. The summed E-state index contributed by atoms with van der Waals surface area (Å²) in [6, 6.07) is 10.6. The van der Waals surface area contributed by atoms with Gasteiger partial charge < -0.3 is 0 Å². The number of aromatic nitrogens is 4. The molecule has 0 spiro atoms. The summed E-state index contributed by atoms with van der Waals surface area (Å²) in [4.78, 5) is 2.21. The number of tetrazole rings is 1. The van der Waals surface area contributed by atoms with Crippen LogP contribution < -0.4 is 0 Å². The third-order valence-electron chi connectivity index (χ3n) is 4.75. The van der Waals surface area contributed by atoms with E-state index in [0.29, 0.717) is 25.6 Å². The van der Waals surface area contributed by atoms with E-state index in [1.54, 1.807) is 0 Å². The second-order valence-corrected chi connectivity index (χ2v) is 8.95. The number of benzene rings is 1. The van der Waals surface area contributed by atoms with Crippen LogP contribution in [0.4, 0.5) is 0 Å². The van der Waals surface area contributed by atoms with Gasteiger partial charge in [-0.1, -0.05) is 30.3 Å². The highest BCUT2D eigenvalue weighted by atomic mass is 32.2. The number of hydrogen-bond acceptors (Lipinski definition) is 6. The topological polar surface area (TPSA) is 81.0 Å². The van der Waals surface area contributed by atoms with Gasteiger partial charge in [0.2, 0.25) is 0 Å². The third kappa shape index (κ3) is 3.49. The zero-order chi connectivity index (χ0) is 16.6. The SMILES string of the molecule is O=S1(=O)CCC(N(Cc2ccccc2)Cc2nnnn2C2CC2)C1. The summed E-state index contributed by atoms with van der Waals surface area (Å²) in [6.07, 6.45) is 2.92. The van der Waals surface area contributed by atoms with Gasteiger partial charge in [-0.2, -0.15) is 0 Å². The molecule has 24 heavy (non-hydrogen) atoms. The van der Waals surface area contributed by atoms with Crippen molar-refractivity contribution in [3.63, 3.8) is 0 Å². The van der Waals surface area contributed by atoms with Gasteiger partial charge in [-0.25, -0.2) is 13.1 Å². The van der Waals surface area contributed by atoms with Crippen molar-refractivity contribution in [2.45, 2.75) is 44.4 Å². The van der Waals surface area contributed by atoms with E-state index in [1.165, 1.54) is 5.56 Å². The smallest absolute Gasteiger partial charge is 0.165 e. The molecule has 2 aromatic rings. The maximum absolute atomic E-state index is 11.9. The third-order valence-corrected chi connectivity index (χ3v) is 6.50. The molecule has 2 aliphatic rings. The Morgan fingerprint density at radius 1 is 1.12 bits per heavy atom. The first kappa shape index (κ1) is 15.7. The summed E-state index contributed by atoms with van der Waals surface area (Å²) in [7, 11) is -2.93. The van der Waals surface area contributed by atoms with Crippen LogP contribution in [0, 0.1) is 0 Å². The molecule has 0 bridgehead atoms. The standard InChI is InChI=1S/C16H21N5O2S/c22-24(23)9-8-15(12-24)20(10-13-4-2-1-3-5-13)11-16-17-18-19-21(16)14-6-7-14/h1-5,14-15H,6-12H2. The highest BCUT2D eigenvalue weighted by Gasteiger charge is 2.34. The number of sulfone groups is 1. The largest absolute Gasteiger partial charge is 0.288 e. The molecule has 0 radical (unpaired) electrons. The summed E-state index contributed by atoms with van der Waals surface area (Å²) in [6.45, 7) is 1.29. The Balaban J connectivity index is 1.56. The molecule has 2 heterocycles. The second-order valence-electron chi connectivity index (χ2n) is 6.72. The normalized spacial score (nSPS) is 23.0. The Hall–Kier alpha value is -1.80. The minimum absolute atomic E-state index is 0.0274. The molecule has 4 rings (SSSR count). The van der Waals surface area contributed by atoms with E-state index in [4.69, 9.17) is 0 Å². The van der Waals surface area contributed by atoms with Crippen LogP contribution in [0.5, 0.6) is 0 Å². The van der Waals surface area contributed by atoms with Crippen LogP contribution in [-0.4, -0.2) is 51.1 Å². The molecule has 1 atom stereocenters. The molecular weight excluding hydrogens is 326 g/mol. The van der Waals surface area contributed by atoms with Crippen molar-refractivity contribution >= 4 is 9.84 Å². The van der Waals surface area contributed by atoms with Gasteiger partial charge in [-0.05, 0) is 35.3 Å². The van der Waals surface area contributed by atoms with Gasteiger partial charge >= 0.3 is 0 Å². The van der Waals surface area contributed by atoms with Crippen molar-refractivity contribution in [3.8, 4) is 0 Å². The van der Waals surface area contributed by atoms with Crippen LogP contribution >= 0.6 is 0 Å². The quantitative estimate of drug-likeness (QED) is 0.781. The van der Waals surface area contributed by atoms with Crippen LogP contribution in [0.1, 0.15) is 36.7 Å². The van der Waals surface area contributed by atoms with Gasteiger partial charge in [0.1, 0.15) is 0 Å². The van der Waals surface area contributed by atoms with Crippen molar-refractivity contribution in [1.82, 2.24) is 25.1 Å². The Kier molecular flexibility index (Phi) is 4.09. The van der Waals surface area contributed by atoms with Crippen LogP contribution in [0.15, 0.2) is 30.3 Å². The summed E-state index contributed by atoms with van der Waals surface area (Å²) in [5, 5.41) is 12.1. The van der Waals surface area contributed by atoms with Gasteiger partial charge in [0.25, 0.3) is 0 Å². The zero-order valence-electron chi connectivity index (χ0n) is 13.5. The lowest BCUT2D eigenvalue weighted by molar-refractivity contribution is 0.186. The lowest BCUT2D eigenvalue weighted by Gasteiger charge is -2.27. The molecular formula is C16H21N5O2S. The Morgan fingerprint density at radius 2 is 1.92 bits per heavy atom. The molecule has 7 nitrogen and oxygen atoms in total. The van der Waals surface area contributed by atoms with E-state index in [2.05, 4.69) is 32.6 Å². The molecule has 1 aromatic heterocycles. The first-order valence-electron chi connectivity index (χ1n) is 8.36. The Labute approximate surface area is 141 Å². The minimum Gasteiger partial charge on any atom is -0.288 e. The van der Waals surface area contributed by atoms with Crippen molar-refractivity contribution in [2.75, 3.05) is 11.5 Å². The lowest BCUT2D eigenvalue weighted by atomic mass is 10.1. The number of rotatable bonds is 6. The van der Waals surface area contributed by atoms with Gasteiger partial charge in [-0.15, -0.1) is 5.10 Å². The van der Waals surface area contributed by atoms with E-state index in [-0.39, 0.29) is 17.5 Å². The van der Waals surface area contributed by atoms with Gasteiger partial charge in [0.05, 0.1) is 24.1 Å². The molecule has 1 aromatic carbocycles. The predicted octanol–water partition coefficient (Wildman–Crippen LogP) is 1.20. The first-order chi connectivity index (χ1) is 11.6. The van der Waals surface area contributed by atoms with Crippen LogP contribution in [-0.2, 0) is 22.9 Å². The summed E-state index contributed by atoms with van der Waals surface area (Å²) in [5.74, 6) is 1.33. The van der Waals surface area contributed by atoms with Gasteiger partial charge in [0.15, 0.2) is 15.7 Å². The Bertz CT molecular complexity index is 801. The van der Waals surface area contributed by atoms with Crippen molar-refractivity contribution in [1.29, 1.82) is 0 Å². The fourth-order valence-electron chi connectivity index (χ4n) is 3.30. The van der Waals surface area contributed by atoms with Crippen molar-refractivity contribution < 1.29 is 8.42 Å². The summed E-state index contributed by atoms with van der Waals surface area (Å²) in [5.41, 5.74) is 1.17. The molecule has 1 aliphatic carbocycles. The number of hydrogen-bond donors (Lipinski definition) is 0. The van der Waals surface area contributed by atoms with Gasteiger partial charge in [0, 0.05) is 12.6 Å². The van der Waals surface area contributed by atoms with Crippen molar-refractivity contribution in [3.05, 3.63) is 41.7 Å². The zero-order valence-corrected chi connectivity index (χ0v) is 14.3. The second kappa shape index (κ2) is 6.25. The van der Waals surface area contributed by atoms with Crippen molar-refractivity contribution in [2.24, 2.45) is 0 Å². The highest BCUT2D eigenvalue weighted by Crippen LogP contribution is 2.35. The van der Waals surface area contributed by atoms with E-state index < -0.39 is 9.84 Å². The molecule has 2 fully saturated rings. The number of nitrogens with zero attached hydrogens (tertiary/aromatic N) is 5. The summed E-state index contributed by atoms with van der Waals surface area (Å²) < 4.78 is 25.7. The van der Waals surface area contributed by atoms with E-state index in [1.807, 2.05) is 22.9 Å². The molecule has 1 saturated heterocycles. The average Bonchev–Trinajstić information content (AvgIpc) is 3.20. The maximum Gasteiger partial charge on any atom is 0.165 e. The first-order valence-corrected chi connectivity index (χ1v) is 10.2. The van der Waals surface area contributed by atoms with Crippen LogP contribution in [0.25, 0.3) is 0 Å². The Morgan fingerprint density at radius 3 is 2.58 bits per heavy atom. The monoisotopic (exact) mass is 347 g/mol. The molecule has 1 saturated carbocycles. The minimum atomic E-state index is -2.93. The van der Waals surface area contributed by atoms with Crippen LogP contribution in [0.3, 0.4) is 0 Å². The molecule has 8 heteroatoms. The van der Waals surface area contributed by atoms with Gasteiger partial charge in [-0.3, -0.25) is 4.90 Å². The lowest BCUT2D eigenvalue weighted by Crippen LogP contribution is -2.36. The molecule has 1 unspecified atom stereocenters. The predicted molar refractivity (Wildman–Crippen MR) is 88.8 cm³/mol. The average molecular weight is 347 g/mol. The molecule has 1 aliphatic heterocycles.